The molecule has 0 saturated carbocycles. The molecule has 2 heteroatoms. The van der Waals surface area contributed by atoms with Crippen molar-refractivity contribution in [3.05, 3.63) is 35.9 Å². The van der Waals surface area contributed by atoms with E-state index in [0.29, 0.717) is 18.0 Å². The molecule has 0 aliphatic carbocycles. The first-order valence-electron chi connectivity index (χ1n) is 6.57. The van der Waals surface area contributed by atoms with Gasteiger partial charge in [-0.3, -0.25) is 0 Å². The van der Waals surface area contributed by atoms with E-state index in [1.807, 2.05) is 6.07 Å². The second kappa shape index (κ2) is 7.46. The molecule has 0 aromatic heterocycles. The standard InChI is InChI=1S/C15H25NO/c1-12(2)13(3)16-15(10-7-11-17)14-8-5-4-6-9-14/h4-6,8-9,12-13,15-17H,7,10-11H2,1-3H3. The molecule has 0 bridgehead atoms. The smallest absolute Gasteiger partial charge is 0.0431 e. The fourth-order valence-electron chi connectivity index (χ4n) is 1.84. The van der Waals surface area contributed by atoms with Crippen LogP contribution in [0.1, 0.15) is 45.2 Å². The summed E-state index contributed by atoms with van der Waals surface area (Å²) in [4.78, 5) is 0. The minimum atomic E-state index is 0.265. The highest BCUT2D eigenvalue weighted by Crippen LogP contribution is 2.20. The van der Waals surface area contributed by atoms with Gasteiger partial charge in [-0.05, 0) is 31.2 Å². The van der Waals surface area contributed by atoms with E-state index in [4.69, 9.17) is 5.11 Å². The molecule has 0 radical (unpaired) electrons. The molecular weight excluding hydrogens is 210 g/mol. The number of benzene rings is 1. The number of nitrogens with one attached hydrogen (secondary N) is 1. The van der Waals surface area contributed by atoms with Gasteiger partial charge in [0.25, 0.3) is 0 Å². The predicted molar refractivity (Wildman–Crippen MR) is 72.9 cm³/mol. The Hall–Kier alpha value is -0.860. The molecule has 17 heavy (non-hydrogen) atoms. The van der Waals surface area contributed by atoms with E-state index in [-0.39, 0.29) is 6.61 Å². The Bertz CT molecular complexity index is 297. The molecule has 0 fully saturated rings. The van der Waals surface area contributed by atoms with Crippen molar-refractivity contribution in [2.24, 2.45) is 5.92 Å². The SMILES string of the molecule is CC(C)C(C)NC(CCCO)c1ccccc1. The lowest BCUT2D eigenvalue weighted by molar-refractivity contribution is 0.268. The summed E-state index contributed by atoms with van der Waals surface area (Å²) in [5.41, 5.74) is 1.31. The Labute approximate surface area is 105 Å². The van der Waals surface area contributed by atoms with Crippen LogP contribution in [0.2, 0.25) is 0 Å². The summed E-state index contributed by atoms with van der Waals surface area (Å²) in [5, 5.41) is 12.6. The third-order valence-electron chi connectivity index (χ3n) is 3.32. The maximum Gasteiger partial charge on any atom is 0.0431 e. The topological polar surface area (TPSA) is 32.3 Å². The van der Waals surface area contributed by atoms with Gasteiger partial charge in [-0.15, -0.1) is 0 Å². The molecule has 96 valence electrons. The van der Waals surface area contributed by atoms with Crippen LogP contribution in [0.5, 0.6) is 0 Å². The minimum absolute atomic E-state index is 0.265. The molecule has 2 nitrogen and oxygen atoms in total. The number of aliphatic hydroxyl groups is 1. The molecule has 0 heterocycles. The molecule has 0 aliphatic rings. The normalized spacial score (nSPS) is 14.9. The Morgan fingerprint density at radius 2 is 1.76 bits per heavy atom. The van der Waals surface area contributed by atoms with Gasteiger partial charge in [0.05, 0.1) is 0 Å². The molecule has 0 aliphatic heterocycles. The Morgan fingerprint density at radius 1 is 1.12 bits per heavy atom. The molecule has 1 aromatic rings. The van der Waals surface area contributed by atoms with Gasteiger partial charge in [0.15, 0.2) is 0 Å². The van der Waals surface area contributed by atoms with E-state index >= 15 is 0 Å². The van der Waals surface area contributed by atoms with Gasteiger partial charge in [0.1, 0.15) is 0 Å². The molecule has 2 unspecified atom stereocenters. The molecule has 0 saturated heterocycles. The van der Waals surface area contributed by atoms with Crippen molar-refractivity contribution in [1.29, 1.82) is 0 Å². The van der Waals surface area contributed by atoms with Gasteiger partial charge in [-0.25, -0.2) is 0 Å². The van der Waals surface area contributed by atoms with Gasteiger partial charge in [0.2, 0.25) is 0 Å². The third-order valence-corrected chi connectivity index (χ3v) is 3.32. The van der Waals surface area contributed by atoms with Gasteiger partial charge in [-0.2, -0.15) is 0 Å². The van der Waals surface area contributed by atoms with Crippen LogP contribution in [0.3, 0.4) is 0 Å². The summed E-state index contributed by atoms with van der Waals surface area (Å²) in [7, 11) is 0. The zero-order valence-electron chi connectivity index (χ0n) is 11.2. The molecule has 2 N–H and O–H groups in total. The van der Waals surface area contributed by atoms with Crippen LogP contribution >= 0.6 is 0 Å². The van der Waals surface area contributed by atoms with E-state index in [9.17, 15) is 0 Å². The van der Waals surface area contributed by atoms with Gasteiger partial charge in [-0.1, -0.05) is 44.2 Å². The van der Waals surface area contributed by atoms with Crippen molar-refractivity contribution in [2.75, 3.05) is 6.61 Å². The lowest BCUT2D eigenvalue weighted by atomic mass is 9.98. The van der Waals surface area contributed by atoms with Crippen molar-refractivity contribution in [3.63, 3.8) is 0 Å². The summed E-state index contributed by atoms with van der Waals surface area (Å²) in [6.45, 7) is 6.94. The summed E-state index contributed by atoms with van der Waals surface area (Å²) in [6.07, 6.45) is 1.83. The zero-order valence-corrected chi connectivity index (χ0v) is 11.2. The summed E-state index contributed by atoms with van der Waals surface area (Å²) in [6, 6.07) is 11.3. The first kappa shape index (κ1) is 14.2. The predicted octanol–water partition coefficient (Wildman–Crippen LogP) is 3.13. The van der Waals surface area contributed by atoms with E-state index in [0.717, 1.165) is 12.8 Å². The van der Waals surface area contributed by atoms with Crippen molar-refractivity contribution in [1.82, 2.24) is 5.32 Å². The van der Waals surface area contributed by atoms with Crippen LogP contribution in [0.25, 0.3) is 0 Å². The largest absolute Gasteiger partial charge is 0.396 e. The molecular formula is C15H25NO. The van der Waals surface area contributed by atoms with Gasteiger partial charge in [0, 0.05) is 18.7 Å². The molecule has 1 aromatic carbocycles. The van der Waals surface area contributed by atoms with Crippen molar-refractivity contribution < 1.29 is 5.11 Å². The molecule has 2 atom stereocenters. The Morgan fingerprint density at radius 3 is 2.29 bits per heavy atom. The van der Waals surface area contributed by atoms with E-state index in [1.54, 1.807) is 0 Å². The summed E-state index contributed by atoms with van der Waals surface area (Å²) < 4.78 is 0. The van der Waals surface area contributed by atoms with Crippen LogP contribution in [-0.2, 0) is 0 Å². The van der Waals surface area contributed by atoms with Crippen molar-refractivity contribution >= 4 is 0 Å². The lowest BCUT2D eigenvalue weighted by Gasteiger charge is -2.26. The summed E-state index contributed by atoms with van der Waals surface area (Å²) >= 11 is 0. The van der Waals surface area contributed by atoms with Gasteiger partial charge >= 0.3 is 0 Å². The average Bonchev–Trinajstić information content (AvgIpc) is 2.35. The molecule has 0 amide bonds. The minimum Gasteiger partial charge on any atom is -0.396 e. The van der Waals surface area contributed by atoms with Gasteiger partial charge < -0.3 is 10.4 Å². The number of rotatable bonds is 7. The molecule has 1 rings (SSSR count). The highest BCUT2D eigenvalue weighted by molar-refractivity contribution is 5.19. The monoisotopic (exact) mass is 235 g/mol. The van der Waals surface area contributed by atoms with Crippen LogP contribution in [0, 0.1) is 5.92 Å². The highest BCUT2D eigenvalue weighted by Gasteiger charge is 2.15. The third kappa shape index (κ3) is 4.88. The second-order valence-corrected chi connectivity index (χ2v) is 5.03. The first-order valence-corrected chi connectivity index (χ1v) is 6.57. The van der Waals surface area contributed by atoms with E-state index in [1.165, 1.54) is 5.56 Å². The lowest BCUT2D eigenvalue weighted by Crippen LogP contribution is -2.34. The number of hydrogen-bond donors (Lipinski definition) is 2. The fraction of sp³-hybridized carbons (Fsp3) is 0.600. The molecule has 0 spiro atoms. The highest BCUT2D eigenvalue weighted by atomic mass is 16.2. The average molecular weight is 235 g/mol. The van der Waals surface area contributed by atoms with Crippen LogP contribution < -0.4 is 5.32 Å². The van der Waals surface area contributed by atoms with Crippen molar-refractivity contribution in [2.45, 2.75) is 45.7 Å². The summed E-state index contributed by atoms with van der Waals surface area (Å²) in [5.74, 6) is 0.621. The maximum absolute atomic E-state index is 8.98. The maximum atomic E-state index is 8.98. The zero-order chi connectivity index (χ0) is 12.7. The second-order valence-electron chi connectivity index (χ2n) is 5.03. The quantitative estimate of drug-likeness (QED) is 0.761. The Kier molecular flexibility index (Phi) is 6.23. The van der Waals surface area contributed by atoms with E-state index < -0.39 is 0 Å². The Balaban J connectivity index is 2.67. The van der Waals surface area contributed by atoms with Crippen molar-refractivity contribution in [3.8, 4) is 0 Å². The van der Waals surface area contributed by atoms with Crippen LogP contribution in [0.4, 0.5) is 0 Å². The number of hydrogen-bond acceptors (Lipinski definition) is 2. The number of aliphatic hydroxyl groups excluding tert-OH is 1. The first-order chi connectivity index (χ1) is 8.15. The van der Waals surface area contributed by atoms with Crippen LogP contribution in [0.15, 0.2) is 30.3 Å². The van der Waals surface area contributed by atoms with E-state index in [2.05, 4.69) is 50.4 Å². The fourth-order valence-corrected chi connectivity index (χ4v) is 1.84. The van der Waals surface area contributed by atoms with Crippen LogP contribution in [-0.4, -0.2) is 17.8 Å².